The van der Waals surface area contributed by atoms with Gasteiger partial charge in [-0.2, -0.15) is 0 Å². The summed E-state index contributed by atoms with van der Waals surface area (Å²) in [5.74, 6) is 3.69. The number of hydrogen-bond donors (Lipinski definition) is 0. The van der Waals surface area contributed by atoms with Crippen molar-refractivity contribution in [1.29, 1.82) is 0 Å². The van der Waals surface area contributed by atoms with Gasteiger partial charge in [0.1, 0.15) is 18.1 Å². The molecule has 1 aliphatic heterocycles. The lowest BCUT2D eigenvalue weighted by Crippen LogP contribution is -2.19. The van der Waals surface area contributed by atoms with Crippen LogP contribution in [0.5, 0.6) is 5.75 Å². The van der Waals surface area contributed by atoms with Crippen LogP contribution in [0.15, 0.2) is 41.3 Å². The summed E-state index contributed by atoms with van der Waals surface area (Å²) in [6, 6.07) is 13.0. The molecule has 1 heterocycles. The Labute approximate surface area is 129 Å². The van der Waals surface area contributed by atoms with Gasteiger partial charge in [0.15, 0.2) is 5.75 Å². The van der Waals surface area contributed by atoms with E-state index in [1.807, 2.05) is 0 Å². The summed E-state index contributed by atoms with van der Waals surface area (Å²) in [6.45, 7) is 1.26. The second-order valence-corrected chi connectivity index (χ2v) is 7.63. The molecule has 0 bridgehead atoms. The predicted molar refractivity (Wildman–Crippen MR) is 90.5 cm³/mol. The third-order valence-corrected chi connectivity index (χ3v) is 6.52. The van der Waals surface area contributed by atoms with Crippen LogP contribution in [0, 0.1) is 0 Å². The molecule has 0 radical (unpaired) electrons. The van der Waals surface area contributed by atoms with Gasteiger partial charge < -0.3 is 9.47 Å². The molecule has 2 aromatic carbocycles. The summed E-state index contributed by atoms with van der Waals surface area (Å²) in [4.78, 5) is 1.45. The monoisotopic (exact) mass is 303 g/mol. The van der Waals surface area contributed by atoms with Crippen molar-refractivity contribution in [3.63, 3.8) is 0 Å². The number of hydrogen-bond acceptors (Lipinski definition) is 2. The van der Waals surface area contributed by atoms with Crippen molar-refractivity contribution in [2.24, 2.45) is 0 Å². The molecule has 0 spiro atoms. The molecule has 3 heteroatoms. The molecule has 0 aliphatic carbocycles. The third kappa shape index (κ3) is 3.35. The van der Waals surface area contributed by atoms with Crippen molar-refractivity contribution in [2.75, 3.05) is 31.8 Å². The van der Waals surface area contributed by atoms with Crippen molar-refractivity contribution >= 4 is 21.7 Å². The zero-order valence-electron chi connectivity index (χ0n) is 12.6. The SMILES string of the molecule is COCCOc1ccc2ccccc2c1[S+]1CCCCC1. The summed E-state index contributed by atoms with van der Waals surface area (Å²) in [7, 11) is 2.05. The van der Waals surface area contributed by atoms with Gasteiger partial charge in [-0.3, -0.25) is 0 Å². The van der Waals surface area contributed by atoms with Crippen LogP contribution in [-0.4, -0.2) is 31.8 Å². The zero-order valence-corrected chi connectivity index (χ0v) is 13.5. The van der Waals surface area contributed by atoms with Crippen LogP contribution in [0.1, 0.15) is 19.3 Å². The molecule has 3 rings (SSSR count). The van der Waals surface area contributed by atoms with E-state index in [9.17, 15) is 0 Å². The number of rotatable bonds is 5. The molecule has 0 atom stereocenters. The van der Waals surface area contributed by atoms with Crippen LogP contribution in [0.2, 0.25) is 0 Å². The molecule has 112 valence electrons. The van der Waals surface area contributed by atoms with Gasteiger partial charge in [-0.1, -0.05) is 24.3 Å². The molecule has 21 heavy (non-hydrogen) atoms. The molecule has 0 amide bonds. The molecule has 1 saturated heterocycles. The maximum atomic E-state index is 6.02. The number of fused-ring (bicyclic) bond motifs is 1. The van der Waals surface area contributed by atoms with E-state index in [-0.39, 0.29) is 0 Å². The molecule has 1 aliphatic rings. The highest BCUT2D eigenvalue weighted by atomic mass is 32.2. The summed E-state index contributed by atoms with van der Waals surface area (Å²) >= 11 is 0. The van der Waals surface area contributed by atoms with Crippen LogP contribution in [-0.2, 0) is 15.6 Å². The standard InChI is InChI=1S/C18H23O2S/c1-19-11-12-20-17-10-9-15-7-3-4-8-16(15)18(17)21-13-5-2-6-14-21/h3-4,7-10H,2,5-6,11-14H2,1H3/q+1. The van der Waals surface area contributed by atoms with Crippen molar-refractivity contribution in [3.05, 3.63) is 36.4 Å². The predicted octanol–water partition coefficient (Wildman–Crippen LogP) is 4.03. The van der Waals surface area contributed by atoms with Gasteiger partial charge in [-0.25, -0.2) is 0 Å². The topological polar surface area (TPSA) is 18.5 Å². The first kappa shape index (κ1) is 14.7. The van der Waals surface area contributed by atoms with E-state index >= 15 is 0 Å². The Morgan fingerprint density at radius 2 is 1.76 bits per heavy atom. The first-order valence-corrected chi connectivity index (χ1v) is 9.27. The van der Waals surface area contributed by atoms with Crippen molar-refractivity contribution in [2.45, 2.75) is 24.2 Å². The number of benzene rings is 2. The second-order valence-electron chi connectivity index (χ2n) is 5.42. The van der Waals surface area contributed by atoms with Crippen LogP contribution in [0.3, 0.4) is 0 Å². The van der Waals surface area contributed by atoms with E-state index in [4.69, 9.17) is 9.47 Å². The van der Waals surface area contributed by atoms with E-state index in [2.05, 4.69) is 36.4 Å². The van der Waals surface area contributed by atoms with Crippen molar-refractivity contribution in [3.8, 4) is 5.75 Å². The van der Waals surface area contributed by atoms with Crippen LogP contribution >= 0.6 is 0 Å². The fourth-order valence-electron chi connectivity index (χ4n) is 2.90. The lowest BCUT2D eigenvalue weighted by molar-refractivity contribution is 0.145. The summed E-state index contributed by atoms with van der Waals surface area (Å²) in [5.41, 5.74) is 0. The number of methoxy groups -OCH3 is 1. The molecular formula is C18H23O2S+. The van der Waals surface area contributed by atoms with Crippen LogP contribution in [0.4, 0.5) is 0 Å². The fourth-order valence-corrected chi connectivity index (χ4v) is 5.53. The van der Waals surface area contributed by atoms with Gasteiger partial charge in [0, 0.05) is 23.4 Å². The summed E-state index contributed by atoms with van der Waals surface area (Å²) in [6.07, 6.45) is 4.09. The Balaban J connectivity index is 1.99. The van der Waals surface area contributed by atoms with Gasteiger partial charge in [0.05, 0.1) is 6.61 Å². The Kier molecular flexibility index (Phi) is 5.04. The van der Waals surface area contributed by atoms with Crippen LogP contribution < -0.4 is 4.74 Å². The smallest absolute Gasteiger partial charge is 0.204 e. The molecule has 2 nitrogen and oxygen atoms in total. The largest absolute Gasteiger partial charge is 0.486 e. The number of ether oxygens (including phenoxy) is 2. The van der Waals surface area contributed by atoms with Crippen molar-refractivity contribution in [1.82, 2.24) is 0 Å². The second kappa shape index (κ2) is 7.19. The van der Waals surface area contributed by atoms with Crippen LogP contribution in [0.25, 0.3) is 10.8 Å². The van der Waals surface area contributed by atoms with E-state index in [1.54, 1.807) is 7.11 Å². The average molecular weight is 303 g/mol. The first-order chi connectivity index (χ1) is 10.4. The molecule has 0 unspecified atom stereocenters. The minimum atomic E-state index is 0.335. The quantitative estimate of drug-likeness (QED) is 0.613. The van der Waals surface area contributed by atoms with E-state index in [1.165, 1.54) is 46.4 Å². The molecule has 0 saturated carbocycles. The molecule has 0 aromatic heterocycles. The molecular weight excluding hydrogens is 280 g/mol. The lowest BCUT2D eigenvalue weighted by Gasteiger charge is -2.18. The fraction of sp³-hybridized carbons (Fsp3) is 0.444. The molecule has 0 N–H and O–H groups in total. The Morgan fingerprint density at radius 1 is 0.952 bits per heavy atom. The maximum absolute atomic E-state index is 6.02. The minimum absolute atomic E-state index is 0.335. The van der Waals surface area contributed by atoms with E-state index < -0.39 is 0 Å². The maximum Gasteiger partial charge on any atom is 0.204 e. The normalized spacial score (nSPS) is 16.2. The summed E-state index contributed by atoms with van der Waals surface area (Å²) < 4.78 is 11.1. The van der Waals surface area contributed by atoms with Gasteiger partial charge in [-0.15, -0.1) is 0 Å². The van der Waals surface area contributed by atoms with Gasteiger partial charge in [0.2, 0.25) is 4.90 Å². The Bertz CT molecular complexity index is 591. The highest BCUT2D eigenvalue weighted by Crippen LogP contribution is 2.36. The average Bonchev–Trinajstić information content (AvgIpc) is 2.55. The highest BCUT2D eigenvalue weighted by molar-refractivity contribution is 7.97. The Hall–Kier alpha value is -1.19. The third-order valence-electron chi connectivity index (χ3n) is 3.96. The van der Waals surface area contributed by atoms with Gasteiger partial charge >= 0.3 is 0 Å². The van der Waals surface area contributed by atoms with E-state index in [0.29, 0.717) is 24.1 Å². The summed E-state index contributed by atoms with van der Waals surface area (Å²) in [5, 5.41) is 2.70. The van der Waals surface area contributed by atoms with Gasteiger partial charge in [-0.05, 0) is 36.8 Å². The zero-order chi connectivity index (χ0) is 14.5. The highest BCUT2D eigenvalue weighted by Gasteiger charge is 2.30. The Morgan fingerprint density at radius 3 is 2.57 bits per heavy atom. The van der Waals surface area contributed by atoms with Crippen molar-refractivity contribution < 1.29 is 9.47 Å². The molecule has 2 aromatic rings. The van der Waals surface area contributed by atoms with Gasteiger partial charge in [0.25, 0.3) is 0 Å². The minimum Gasteiger partial charge on any atom is -0.486 e. The lowest BCUT2D eigenvalue weighted by atomic mass is 10.1. The van der Waals surface area contributed by atoms with E-state index in [0.717, 1.165) is 5.75 Å². The molecule has 1 fully saturated rings. The first-order valence-electron chi connectivity index (χ1n) is 7.71.